The molecule has 6 nitrogen and oxygen atoms in total. The van der Waals surface area contributed by atoms with Gasteiger partial charge in [-0.05, 0) is 38.0 Å². The molecule has 0 radical (unpaired) electrons. The second-order valence-electron chi connectivity index (χ2n) is 6.07. The van der Waals surface area contributed by atoms with Crippen molar-refractivity contribution < 1.29 is 14.3 Å². The molecule has 1 N–H and O–H groups in total. The van der Waals surface area contributed by atoms with Gasteiger partial charge in [0.1, 0.15) is 0 Å². The lowest BCUT2D eigenvalue weighted by Gasteiger charge is -2.18. The molecule has 2 amide bonds. The van der Waals surface area contributed by atoms with Crippen molar-refractivity contribution in [2.24, 2.45) is 0 Å². The number of aryl methyl sites for hydroxylation is 3. The van der Waals surface area contributed by atoms with E-state index in [1.165, 1.54) is 18.2 Å². The molecule has 1 aromatic carbocycles. The number of anilines is 1. The van der Waals surface area contributed by atoms with Gasteiger partial charge in [-0.1, -0.05) is 17.7 Å². The number of carbonyl (C=O) groups excluding carboxylic acids is 2. The van der Waals surface area contributed by atoms with Crippen LogP contribution in [0.3, 0.4) is 0 Å². The van der Waals surface area contributed by atoms with Crippen molar-refractivity contribution in [3.05, 3.63) is 52.7 Å². The van der Waals surface area contributed by atoms with Gasteiger partial charge in [0.2, 0.25) is 11.8 Å². The van der Waals surface area contributed by atoms with Crippen LogP contribution in [0.15, 0.2) is 30.5 Å². The lowest BCUT2D eigenvalue weighted by molar-refractivity contribution is -0.116. The Morgan fingerprint density at radius 3 is 2.32 bits per heavy atom. The van der Waals surface area contributed by atoms with Gasteiger partial charge >= 0.3 is 0 Å². The summed E-state index contributed by atoms with van der Waals surface area (Å²) >= 11 is 0. The second kappa shape index (κ2) is 7.79. The number of amides is 2. The highest BCUT2D eigenvalue weighted by Crippen LogP contribution is 2.21. The fraction of sp³-hybridized carbons (Fsp3) is 0.316. The third-order valence-electron chi connectivity index (χ3n) is 3.86. The van der Waals surface area contributed by atoms with E-state index < -0.39 is 0 Å². The predicted molar refractivity (Wildman–Crippen MR) is 97.0 cm³/mol. The average molecular weight is 341 g/mol. The van der Waals surface area contributed by atoms with Crippen LogP contribution < -0.4 is 10.1 Å². The van der Waals surface area contributed by atoms with Crippen LogP contribution in [0.4, 0.5) is 5.69 Å². The molecule has 0 spiro atoms. The number of methoxy groups -OCH3 is 1. The summed E-state index contributed by atoms with van der Waals surface area (Å²) in [7, 11) is 3.09. The Bertz CT molecular complexity index is 762. The number of pyridine rings is 1. The zero-order valence-electron chi connectivity index (χ0n) is 15.2. The van der Waals surface area contributed by atoms with E-state index in [1.54, 1.807) is 19.2 Å². The van der Waals surface area contributed by atoms with E-state index in [0.29, 0.717) is 11.4 Å². The number of nitrogens with one attached hydrogen (secondary N) is 1. The van der Waals surface area contributed by atoms with Crippen LogP contribution in [0, 0.1) is 20.8 Å². The molecule has 1 aromatic heterocycles. The number of carbonyl (C=O) groups is 2. The first-order valence-corrected chi connectivity index (χ1v) is 7.95. The molecule has 6 heteroatoms. The maximum Gasteiger partial charge on any atom is 0.255 e. The van der Waals surface area contributed by atoms with E-state index in [0.717, 1.165) is 22.4 Å². The van der Waals surface area contributed by atoms with Crippen LogP contribution in [0.5, 0.6) is 5.88 Å². The second-order valence-corrected chi connectivity index (χ2v) is 6.07. The minimum Gasteiger partial charge on any atom is -0.481 e. The number of benzene rings is 1. The summed E-state index contributed by atoms with van der Waals surface area (Å²) in [6.07, 6.45) is 1.43. The number of hydrogen-bond acceptors (Lipinski definition) is 4. The number of aromatic nitrogens is 1. The highest BCUT2D eigenvalue weighted by atomic mass is 16.5. The molecule has 1 heterocycles. The standard InChI is InChI=1S/C19H23N3O3/c1-12-8-13(2)18(14(3)9-12)21-16(23)11-22(4)19(24)15-6-7-17(25-5)20-10-15/h6-10H,11H2,1-5H3,(H,21,23). The summed E-state index contributed by atoms with van der Waals surface area (Å²) in [4.78, 5) is 30.1. The fourth-order valence-corrected chi connectivity index (χ4v) is 2.69. The number of ether oxygens (including phenoxy) is 1. The highest BCUT2D eigenvalue weighted by Gasteiger charge is 2.16. The fourth-order valence-electron chi connectivity index (χ4n) is 2.69. The van der Waals surface area contributed by atoms with E-state index >= 15 is 0 Å². The molecular formula is C19H23N3O3. The molecule has 0 bridgehead atoms. The maximum atomic E-state index is 12.4. The SMILES string of the molecule is COc1ccc(C(=O)N(C)CC(=O)Nc2c(C)cc(C)cc2C)cn1. The van der Waals surface area contributed by atoms with E-state index in [9.17, 15) is 9.59 Å². The van der Waals surface area contributed by atoms with E-state index in [4.69, 9.17) is 4.74 Å². The Balaban J connectivity index is 2.03. The lowest BCUT2D eigenvalue weighted by atomic mass is 10.1. The van der Waals surface area contributed by atoms with Gasteiger partial charge in [-0.25, -0.2) is 4.98 Å². The Labute approximate surface area is 147 Å². The molecule has 132 valence electrons. The van der Waals surface area contributed by atoms with Gasteiger partial charge in [0.05, 0.1) is 19.2 Å². The molecule has 0 aliphatic rings. The van der Waals surface area contributed by atoms with Crippen molar-refractivity contribution in [1.29, 1.82) is 0 Å². The predicted octanol–water partition coefficient (Wildman–Crippen LogP) is 2.73. The highest BCUT2D eigenvalue weighted by molar-refractivity contribution is 5.99. The minimum atomic E-state index is -0.275. The average Bonchev–Trinajstić information content (AvgIpc) is 2.57. The van der Waals surface area contributed by atoms with Crippen LogP contribution in [-0.2, 0) is 4.79 Å². The summed E-state index contributed by atoms with van der Waals surface area (Å²) in [5, 5.41) is 2.89. The summed E-state index contributed by atoms with van der Waals surface area (Å²) in [6, 6.07) is 7.26. The Morgan fingerprint density at radius 2 is 1.80 bits per heavy atom. The monoisotopic (exact) mass is 341 g/mol. The zero-order chi connectivity index (χ0) is 18.6. The molecule has 2 rings (SSSR count). The van der Waals surface area contributed by atoms with Gasteiger partial charge in [0, 0.05) is 25.0 Å². The molecule has 0 saturated heterocycles. The third kappa shape index (κ3) is 4.56. The van der Waals surface area contributed by atoms with Crippen LogP contribution in [0.25, 0.3) is 0 Å². The number of likely N-dealkylation sites (N-methyl/N-ethyl adjacent to an activating group) is 1. The van der Waals surface area contributed by atoms with Crippen molar-refractivity contribution in [3.63, 3.8) is 0 Å². The summed E-state index contributed by atoms with van der Waals surface area (Å²) in [5.74, 6) is -0.0858. The van der Waals surface area contributed by atoms with Crippen molar-refractivity contribution >= 4 is 17.5 Å². The number of nitrogens with zero attached hydrogens (tertiary/aromatic N) is 2. The van der Waals surface area contributed by atoms with E-state index in [-0.39, 0.29) is 18.4 Å². The molecule has 0 fully saturated rings. The first kappa shape index (κ1) is 18.4. The molecule has 0 atom stereocenters. The molecule has 2 aromatic rings. The lowest BCUT2D eigenvalue weighted by Crippen LogP contribution is -2.35. The first-order chi connectivity index (χ1) is 11.8. The smallest absolute Gasteiger partial charge is 0.255 e. The summed E-state index contributed by atoms with van der Waals surface area (Å²) < 4.78 is 4.97. The molecule has 25 heavy (non-hydrogen) atoms. The summed E-state index contributed by atoms with van der Waals surface area (Å²) in [6.45, 7) is 5.87. The maximum absolute atomic E-state index is 12.4. The minimum absolute atomic E-state index is 0.0440. The third-order valence-corrected chi connectivity index (χ3v) is 3.86. The van der Waals surface area contributed by atoms with Gasteiger partial charge in [-0.2, -0.15) is 0 Å². The molecule has 0 aliphatic carbocycles. The van der Waals surface area contributed by atoms with Crippen molar-refractivity contribution in [1.82, 2.24) is 9.88 Å². The van der Waals surface area contributed by atoms with E-state index in [1.807, 2.05) is 32.9 Å². The Kier molecular flexibility index (Phi) is 5.75. The van der Waals surface area contributed by atoms with Gasteiger partial charge in [-0.15, -0.1) is 0 Å². The first-order valence-electron chi connectivity index (χ1n) is 7.95. The number of rotatable bonds is 5. The van der Waals surface area contributed by atoms with Gasteiger partial charge in [-0.3, -0.25) is 9.59 Å². The van der Waals surface area contributed by atoms with Crippen molar-refractivity contribution in [2.75, 3.05) is 26.0 Å². The van der Waals surface area contributed by atoms with Crippen LogP contribution in [0.1, 0.15) is 27.0 Å². The molecular weight excluding hydrogens is 318 g/mol. The largest absolute Gasteiger partial charge is 0.481 e. The normalized spacial score (nSPS) is 10.3. The van der Waals surface area contributed by atoms with Crippen LogP contribution >= 0.6 is 0 Å². The van der Waals surface area contributed by atoms with Gasteiger partial charge < -0.3 is 15.0 Å². The number of hydrogen-bond donors (Lipinski definition) is 1. The quantitative estimate of drug-likeness (QED) is 0.908. The zero-order valence-corrected chi connectivity index (χ0v) is 15.2. The van der Waals surface area contributed by atoms with Gasteiger partial charge in [0.15, 0.2) is 0 Å². The van der Waals surface area contributed by atoms with E-state index in [2.05, 4.69) is 10.3 Å². The van der Waals surface area contributed by atoms with Crippen molar-refractivity contribution in [3.8, 4) is 5.88 Å². The summed E-state index contributed by atoms with van der Waals surface area (Å²) in [5.41, 5.74) is 4.34. The topological polar surface area (TPSA) is 71.5 Å². The molecule has 0 saturated carbocycles. The van der Waals surface area contributed by atoms with Crippen LogP contribution in [-0.4, -0.2) is 42.4 Å². The Hall–Kier alpha value is -2.89. The molecule has 0 aliphatic heterocycles. The van der Waals surface area contributed by atoms with Crippen molar-refractivity contribution in [2.45, 2.75) is 20.8 Å². The molecule has 0 unspecified atom stereocenters. The van der Waals surface area contributed by atoms with Gasteiger partial charge in [0.25, 0.3) is 5.91 Å². The van der Waals surface area contributed by atoms with Crippen LogP contribution in [0.2, 0.25) is 0 Å². The Morgan fingerprint density at radius 1 is 1.16 bits per heavy atom.